The Balaban J connectivity index is 2.29. The highest BCUT2D eigenvalue weighted by Gasteiger charge is 2.28. The molecule has 1 aromatic rings. The molecule has 21 heavy (non-hydrogen) atoms. The van der Waals surface area contributed by atoms with Gasteiger partial charge in [0.15, 0.2) is 0 Å². The highest BCUT2D eigenvalue weighted by Crippen LogP contribution is 2.25. The molecule has 0 aliphatic carbocycles. The fourth-order valence-corrected chi connectivity index (χ4v) is 2.55. The zero-order valence-corrected chi connectivity index (χ0v) is 12.3. The SMILES string of the molecule is CCNc1ncc([N+](=O)[O-])cc1C(=O)N1CCC(CC)C1. The van der Waals surface area contributed by atoms with Crippen LogP contribution < -0.4 is 5.32 Å². The van der Waals surface area contributed by atoms with Crippen molar-refractivity contribution in [3.63, 3.8) is 0 Å². The molecule has 7 nitrogen and oxygen atoms in total. The van der Waals surface area contributed by atoms with E-state index in [9.17, 15) is 14.9 Å². The molecule has 1 unspecified atom stereocenters. The molecule has 2 heterocycles. The van der Waals surface area contributed by atoms with Crippen molar-refractivity contribution in [2.45, 2.75) is 26.7 Å². The molecule has 1 atom stereocenters. The van der Waals surface area contributed by atoms with Gasteiger partial charge in [0, 0.05) is 25.7 Å². The standard InChI is InChI=1S/C14H20N4O3/c1-3-10-5-6-17(9-10)14(19)12-7-11(18(20)21)8-16-13(12)15-4-2/h7-8,10H,3-6,9H2,1-2H3,(H,15,16). The van der Waals surface area contributed by atoms with Gasteiger partial charge in [-0.05, 0) is 19.3 Å². The highest BCUT2D eigenvalue weighted by molar-refractivity contribution is 5.99. The number of pyridine rings is 1. The van der Waals surface area contributed by atoms with E-state index in [1.165, 1.54) is 12.3 Å². The van der Waals surface area contributed by atoms with E-state index in [0.29, 0.717) is 31.4 Å². The molecule has 1 N–H and O–H groups in total. The Morgan fingerprint density at radius 2 is 2.33 bits per heavy atom. The lowest BCUT2D eigenvalue weighted by Crippen LogP contribution is -2.29. The van der Waals surface area contributed by atoms with Crippen LogP contribution in [0.2, 0.25) is 0 Å². The number of anilines is 1. The second kappa shape index (κ2) is 6.51. The van der Waals surface area contributed by atoms with Crippen LogP contribution in [-0.2, 0) is 0 Å². The van der Waals surface area contributed by atoms with Crippen molar-refractivity contribution in [2.75, 3.05) is 25.0 Å². The molecule has 114 valence electrons. The summed E-state index contributed by atoms with van der Waals surface area (Å²) in [6.45, 7) is 6.01. The van der Waals surface area contributed by atoms with Crippen LogP contribution in [0.3, 0.4) is 0 Å². The van der Waals surface area contributed by atoms with Gasteiger partial charge in [0.1, 0.15) is 12.0 Å². The molecular weight excluding hydrogens is 272 g/mol. The van der Waals surface area contributed by atoms with Gasteiger partial charge in [-0.1, -0.05) is 13.3 Å². The van der Waals surface area contributed by atoms with Crippen molar-refractivity contribution in [3.8, 4) is 0 Å². The van der Waals surface area contributed by atoms with Crippen LogP contribution in [0.15, 0.2) is 12.3 Å². The maximum absolute atomic E-state index is 12.6. The van der Waals surface area contributed by atoms with Gasteiger partial charge >= 0.3 is 0 Å². The van der Waals surface area contributed by atoms with E-state index in [1.807, 2.05) is 6.92 Å². The van der Waals surface area contributed by atoms with Gasteiger partial charge in [-0.3, -0.25) is 14.9 Å². The maximum atomic E-state index is 12.6. The molecule has 1 aromatic heterocycles. The van der Waals surface area contributed by atoms with Crippen LogP contribution in [0.1, 0.15) is 37.0 Å². The highest BCUT2D eigenvalue weighted by atomic mass is 16.6. The van der Waals surface area contributed by atoms with Crippen LogP contribution in [-0.4, -0.2) is 40.3 Å². The zero-order valence-electron chi connectivity index (χ0n) is 12.3. The first-order chi connectivity index (χ1) is 10.1. The molecule has 0 saturated carbocycles. The van der Waals surface area contributed by atoms with Crippen molar-refractivity contribution in [1.82, 2.24) is 9.88 Å². The van der Waals surface area contributed by atoms with Crippen LogP contribution >= 0.6 is 0 Å². The van der Waals surface area contributed by atoms with E-state index >= 15 is 0 Å². The van der Waals surface area contributed by atoms with Crippen molar-refractivity contribution >= 4 is 17.4 Å². The minimum absolute atomic E-state index is 0.161. The van der Waals surface area contributed by atoms with Gasteiger partial charge in [0.25, 0.3) is 11.6 Å². The Kier molecular flexibility index (Phi) is 4.72. The number of carbonyl (C=O) groups is 1. The number of likely N-dealkylation sites (tertiary alicyclic amines) is 1. The molecule has 1 saturated heterocycles. The summed E-state index contributed by atoms with van der Waals surface area (Å²) >= 11 is 0. The molecule has 0 aromatic carbocycles. The van der Waals surface area contributed by atoms with Gasteiger partial charge in [-0.25, -0.2) is 4.98 Å². The number of aromatic nitrogens is 1. The second-order valence-corrected chi connectivity index (χ2v) is 5.19. The maximum Gasteiger partial charge on any atom is 0.288 e. The van der Waals surface area contributed by atoms with Gasteiger partial charge in [-0.2, -0.15) is 0 Å². The van der Waals surface area contributed by atoms with Gasteiger partial charge < -0.3 is 10.2 Å². The molecule has 7 heteroatoms. The van der Waals surface area contributed by atoms with Crippen molar-refractivity contribution in [1.29, 1.82) is 0 Å². The van der Waals surface area contributed by atoms with Crippen molar-refractivity contribution in [3.05, 3.63) is 27.9 Å². The fraction of sp³-hybridized carbons (Fsp3) is 0.571. The zero-order chi connectivity index (χ0) is 15.4. The number of carbonyl (C=O) groups excluding carboxylic acids is 1. The smallest absolute Gasteiger partial charge is 0.288 e. The third kappa shape index (κ3) is 3.29. The Hall–Kier alpha value is -2.18. The first-order valence-electron chi connectivity index (χ1n) is 7.24. The molecular formula is C14H20N4O3. The van der Waals surface area contributed by atoms with E-state index < -0.39 is 4.92 Å². The topological polar surface area (TPSA) is 88.4 Å². The number of nitro groups is 1. The summed E-state index contributed by atoms with van der Waals surface area (Å²) in [6, 6.07) is 1.31. The molecule has 1 amide bonds. The van der Waals surface area contributed by atoms with Crippen LogP contribution in [0, 0.1) is 16.0 Å². The normalized spacial score (nSPS) is 17.8. The number of amides is 1. The fourth-order valence-electron chi connectivity index (χ4n) is 2.55. The Morgan fingerprint density at radius 3 is 2.90 bits per heavy atom. The van der Waals surface area contributed by atoms with E-state index in [1.54, 1.807) is 4.90 Å². The van der Waals surface area contributed by atoms with Crippen LogP contribution in [0.4, 0.5) is 11.5 Å². The molecule has 2 rings (SSSR count). The largest absolute Gasteiger partial charge is 0.370 e. The number of nitrogens with zero attached hydrogens (tertiary/aromatic N) is 3. The third-order valence-electron chi connectivity index (χ3n) is 3.81. The van der Waals surface area contributed by atoms with Gasteiger partial charge in [-0.15, -0.1) is 0 Å². The number of nitrogens with one attached hydrogen (secondary N) is 1. The average molecular weight is 292 g/mol. The summed E-state index contributed by atoms with van der Waals surface area (Å²) in [7, 11) is 0. The lowest BCUT2D eigenvalue weighted by Gasteiger charge is -2.18. The summed E-state index contributed by atoms with van der Waals surface area (Å²) in [5.41, 5.74) is 0.119. The summed E-state index contributed by atoms with van der Waals surface area (Å²) in [5.74, 6) is 0.745. The predicted octanol–water partition coefficient (Wildman–Crippen LogP) is 2.29. The molecule has 0 spiro atoms. The Bertz CT molecular complexity index is 547. The molecule has 0 bridgehead atoms. The number of rotatable bonds is 5. The van der Waals surface area contributed by atoms with Crippen LogP contribution in [0.5, 0.6) is 0 Å². The average Bonchev–Trinajstić information content (AvgIpc) is 2.96. The quantitative estimate of drug-likeness (QED) is 0.664. The Labute approximate surface area is 123 Å². The molecule has 0 radical (unpaired) electrons. The lowest BCUT2D eigenvalue weighted by atomic mass is 10.1. The molecule has 1 aliphatic rings. The first kappa shape index (κ1) is 15.2. The summed E-state index contributed by atoms with van der Waals surface area (Å²) < 4.78 is 0. The predicted molar refractivity (Wildman–Crippen MR) is 79.4 cm³/mol. The molecule has 1 aliphatic heterocycles. The number of hydrogen-bond acceptors (Lipinski definition) is 5. The summed E-state index contributed by atoms with van der Waals surface area (Å²) in [4.78, 5) is 28.7. The number of hydrogen-bond donors (Lipinski definition) is 1. The first-order valence-corrected chi connectivity index (χ1v) is 7.24. The van der Waals surface area contributed by atoms with Crippen molar-refractivity contribution in [2.24, 2.45) is 5.92 Å². The monoisotopic (exact) mass is 292 g/mol. The second-order valence-electron chi connectivity index (χ2n) is 5.19. The van der Waals surface area contributed by atoms with Gasteiger partial charge in [0.05, 0.1) is 10.5 Å². The molecule has 1 fully saturated rings. The van der Waals surface area contributed by atoms with E-state index in [4.69, 9.17) is 0 Å². The Morgan fingerprint density at radius 1 is 1.57 bits per heavy atom. The summed E-state index contributed by atoms with van der Waals surface area (Å²) in [5, 5.41) is 13.9. The van der Waals surface area contributed by atoms with E-state index in [0.717, 1.165) is 12.8 Å². The van der Waals surface area contributed by atoms with E-state index in [2.05, 4.69) is 17.2 Å². The van der Waals surface area contributed by atoms with Crippen molar-refractivity contribution < 1.29 is 9.72 Å². The summed E-state index contributed by atoms with van der Waals surface area (Å²) in [6.07, 6.45) is 3.20. The third-order valence-corrected chi connectivity index (χ3v) is 3.81. The lowest BCUT2D eigenvalue weighted by molar-refractivity contribution is -0.385. The van der Waals surface area contributed by atoms with Gasteiger partial charge in [0.2, 0.25) is 0 Å². The minimum atomic E-state index is -0.529. The van der Waals surface area contributed by atoms with Crippen LogP contribution in [0.25, 0.3) is 0 Å². The minimum Gasteiger partial charge on any atom is -0.370 e. The van der Waals surface area contributed by atoms with E-state index in [-0.39, 0.29) is 17.2 Å².